The molecular weight excluding hydrogens is 262 g/mol. The van der Waals surface area contributed by atoms with Gasteiger partial charge < -0.3 is 14.8 Å². The minimum absolute atomic E-state index is 0.856. The standard InChI is InChI=1S/C18H31NO2/c1-4-5-6-7-8-9-10-11-14-19-17-15-16(20-2)12-13-18(17)21-3/h12-13,15,19H,4-11,14H2,1-3H3. The first-order valence-electron chi connectivity index (χ1n) is 8.27. The Labute approximate surface area is 130 Å². The van der Waals surface area contributed by atoms with Crippen LogP contribution in [-0.4, -0.2) is 20.8 Å². The van der Waals surface area contributed by atoms with Gasteiger partial charge in [0.25, 0.3) is 0 Å². The van der Waals surface area contributed by atoms with Gasteiger partial charge in [-0.15, -0.1) is 0 Å². The summed E-state index contributed by atoms with van der Waals surface area (Å²) in [6.07, 6.45) is 10.7. The van der Waals surface area contributed by atoms with E-state index in [0.717, 1.165) is 23.7 Å². The van der Waals surface area contributed by atoms with Gasteiger partial charge in [0, 0.05) is 12.6 Å². The van der Waals surface area contributed by atoms with Gasteiger partial charge in [-0.05, 0) is 18.6 Å². The molecule has 0 aliphatic rings. The largest absolute Gasteiger partial charge is 0.497 e. The zero-order chi connectivity index (χ0) is 15.3. The van der Waals surface area contributed by atoms with Gasteiger partial charge in [0.2, 0.25) is 0 Å². The van der Waals surface area contributed by atoms with Crippen molar-refractivity contribution in [1.82, 2.24) is 0 Å². The Morgan fingerprint density at radius 1 is 0.857 bits per heavy atom. The predicted molar refractivity (Wildman–Crippen MR) is 90.6 cm³/mol. The number of ether oxygens (including phenoxy) is 2. The van der Waals surface area contributed by atoms with Crippen LogP contribution in [0.5, 0.6) is 11.5 Å². The van der Waals surface area contributed by atoms with Crippen LogP contribution >= 0.6 is 0 Å². The van der Waals surface area contributed by atoms with E-state index in [9.17, 15) is 0 Å². The number of nitrogens with one attached hydrogen (secondary N) is 1. The van der Waals surface area contributed by atoms with Crippen molar-refractivity contribution < 1.29 is 9.47 Å². The van der Waals surface area contributed by atoms with E-state index < -0.39 is 0 Å². The average Bonchev–Trinajstić information content (AvgIpc) is 2.53. The highest BCUT2D eigenvalue weighted by Crippen LogP contribution is 2.28. The Hall–Kier alpha value is -1.38. The lowest BCUT2D eigenvalue weighted by Crippen LogP contribution is -2.03. The highest BCUT2D eigenvalue weighted by atomic mass is 16.5. The molecule has 21 heavy (non-hydrogen) atoms. The van der Waals surface area contributed by atoms with Crippen molar-refractivity contribution in [2.75, 3.05) is 26.1 Å². The SMILES string of the molecule is CCCCCCCCCCNc1cc(OC)ccc1OC. The summed E-state index contributed by atoms with van der Waals surface area (Å²) in [6, 6.07) is 5.85. The van der Waals surface area contributed by atoms with Crippen LogP contribution in [0.15, 0.2) is 18.2 Å². The molecule has 1 aromatic carbocycles. The maximum atomic E-state index is 5.36. The molecule has 0 fully saturated rings. The molecule has 0 saturated carbocycles. The van der Waals surface area contributed by atoms with Gasteiger partial charge >= 0.3 is 0 Å². The van der Waals surface area contributed by atoms with Gasteiger partial charge in [-0.3, -0.25) is 0 Å². The van der Waals surface area contributed by atoms with Crippen molar-refractivity contribution in [2.45, 2.75) is 58.3 Å². The third-order valence-electron chi connectivity index (χ3n) is 3.75. The van der Waals surface area contributed by atoms with Gasteiger partial charge in [0.1, 0.15) is 11.5 Å². The fourth-order valence-electron chi connectivity index (χ4n) is 2.43. The molecule has 1 N–H and O–H groups in total. The molecule has 0 aliphatic carbocycles. The molecule has 3 nitrogen and oxygen atoms in total. The van der Waals surface area contributed by atoms with Crippen LogP contribution in [0.25, 0.3) is 0 Å². The molecular formula is C18H31NO2. The quantitative estimate of drug-likeness (QED) is 0.533. The molecule has 0 saturated heterocycles. The maximum Gasteiger partial charge on any atom is 0.142 e. The fraction of sp³-hybridized carbons (Fsp3) is 0.667. The first-order chi connectivity index (χ1) is 10.3. The van der Waals surface area contributed by atoms with Crippen LogP contribution in [0.2, 0.25) is 0 Å². The van der Waals surface area contributed by atoms with Gasteiger partial charge in [-0.2, -0.15) is 0 Å². The normalized spacial score (nSPS) is 10.4. The first-order valence-corrected chi connectivity index (χ1v) is 8.27. The van der Waals surface area contributed by atoms with Crippen molar-refractivity contribution in [2.24, 2.45) is 0 Å². The van der Waals surface area contributed by atoms with E-state index in [1.54, 1.807) is 14.2 Å². The van der Waals surface area contributed by atoms with Gasteiger partial charge in [0.15, 0.2) is 0 Å². The number of hydrogen-bond acceptors (Lipinski definition) is 3. The summed E-state index contributed by atoms with van der Waals surface area (Å²) in [5, 5.41) is 3.45. The Kier molecular flexibility index (Phi) is 9.51. The first kappa shape index (κ1) is 17.7. The van der Waals surface area contributed by atoms with Crippen molar-refractivity contribution >= 4 is 5.69 Å². The number of rotatable bonds is 12. The van der Waals surface area contributed by atoms with E-state index in [4.69, 9.17) is 9.47 Å². The van der Waals surface area contributed by atoms with Crippen LogP contribution in [0.4, 0.5) is 5.69 Å². The smallest absolute Gasteiger partial charge is 0.142 e. The van der Waals surface area contributed by atoms with E-state index in [1.807, 2.05) is 18.2 Å². The summed E-state index contributed by atoms with van der Waals surface area (Å²) in [5.41, 5.74) is 1.01. The van der Waals surface area contributed by atoms with Crippen LogP contribution in [-0.2, 0) is 0 Å². The third-order valence-corrected chi connectivity index (χ3v) is 3.75. The maximum absolute atomic E-state index is 5.36. The molecule has 120 valence electrons. The topological polar surface area (TPSA) is 30.5 Å². The summed E-state index contributed by atoms with van der Waals surface area (Å²) < 4.78 is 10.6. The monoisotopic (exact) mass is 293 g/mol. The number of unbranched alkanes of at least 4 members (excludes halogenated alkanes) is 7. The van der Waals surface area contributed by atoms with Crippen LogP contribution in [0, 0.1) is 0 Å². The number of hydrogen-bond donors (Lipinski definition) is 1. The van der Waals surface area contributed by atoms with E-state index in [1.165, 1.54) is 51.4 Å². The molecule has 0 spiro atoms. The second kappa shape index (κ2) is 11.3. The van der Waals surface area contributed by atoms with Gasteiger partial charge in [0.05, 0.1) is 19.9 Å². The third kappa shape index (κ3) is 7.26. The molecule has 1 rings (SSSR count). The van der Waals surface area contributed by atoms with Crippen LogP contribution < -0.4 is 14.8 Å². The summed E-state index contributed by atoms with van der Waals surface area (Å²) in [4.78, 5) is 0. The van der Waals surface area contributed by atoms with E-state index in [0.29, 0.717) is 0 Å². The van der Waals surface area contributed by atoms with Gasteiger partial charge in [-0.1, -0.05) is 51.9 Å². The summed E-state index contributed by atoms with van der Waals surface area (Å²) in [7, 11) is 3.38. The summed E-state index contributed by atoms with van der Waals surface area (Å²) in [6.45, 7) is 3.25. The Balaban J connectivity index is 2.17. The van der Waals surface area contributed by atoms with Crippen molar-refractivity contribution in [3.05, 3.63) is 18.2 Å². The summed E-state index contributed by atoms with van der Waals surface area (Å²) in [5.74, 6) is 1.73. The Morgan fingerprint density at radius 2 is 1.52 bits per heavy atom. The lowest BCUT2D eigenvalue weighted by molar-refractivity contribution is 0.404. The molecule has 0 aromatic heterocycles. The molecule has 0 radical (unpaired) electrons. The Morgan fingerprint density at radius 3 is 2.14 bits per heavy atom. The zero-order valence-corrected chi connectivity index (χ0v) is 13.9. The molecule has 0 amide bonds. The number of benzene rings is 1. The Bertz CT molecular complexity index is 379. The molecule has 0 aliphatic heterocycles. The summed E-state index contributed by atoms with van der Waals surface area (Å²) >= 11 is 0. The average molecular weight is 293 g/mol. The predicted octanol–water partition coefficient (Wildman–Crippen LogP) is 5.26. The highest BCUT2D eigenvalue weighted by molar-refractivity contribution is 5.59. The van der Waals surface area contributed by atoms with Crippen molar-refractivity contribution in [3.8, 4) is 11.5 Å². The second-order valence-corrected chi connectivity index (χ2v) is 5.47. The van der Waals surface area contributed by atoms with E-state index in [-0.39, 0.29) is 0 Å². The minimum Gasteiger partial charge on any atom is -0.497 e. The van der Waals surface area contributed by atoms with E-state index >= 15 is 0 Å². The molecule has 0 heterocycles. The van der Waals surface area contributed by atoms with Crippen LogP contribution in [0.3, 0.4) is 0 Å². The second-order valence-electron chi connectivity index (χ2n) is 5.47. The number of methoxy groups -OCH3 is 2. The molecule has 0 bridgehead atoms. The highest BCUT2D eigenvalue weighted by Gasteiger charge is 2.03. The number of anilines is 1. The fourth-order valence-corrected chi connectivity index (χ4v) is 2.43. The van der Waals surface area contributed by atoms with Crippen LogP contribution in [0.1, 0.15) is 58.3 Å². The lowest BCUT2D eigenvalue weighted by Gasteiger charge is -2.12. The molecule has 3 heteroatoms. The van der Waals surface area contributed by atoms with Crippen molar-refractivity contribution in [3.63, 3.8) is 0 Å². The zero-order valence-electron chi connectivity index (χ0n) is 13.9. The molecule has 1 aromatic rings. The van der Waals surface area contributed by atoms with Crippen molar-refractivity contribution in [1.29, 1.82) is 0 Å². The minimum atomic E-state index is 0.856. The lowest BCUT2D eigenvalue weighted by atomic mass is 10.1. The van der Waals surface area contributed by atoms with Gasteiger partial charge in [-0.25, -0.2) is 0 Å². The molecule has 0 atom stereocenters. The molecule has 0 unspecified atom stereocenters. The van der Waals surface area contributed by atoms with E-state index in [2.05, 4.69) is 12.2 Å².